The number of hydrogen-bond donors (Lipinski definition) is 1. The molecular weight excluding hydrogens is 198 g/mol. The van der Waals surface area contributed by atoms with Gasteiger partial charge in [-0.05, 0) is 30.9 Å². The van der Waals surface area contributed by atoms with E-state index in [2.05, 4.69) is 31.2 Å². The first-order chi connectivity index (χ1) is 7.69. The minimum absolute atomic E-state index is 0.476. The van der Waals surface area contributed by atoms with Crippen molar-refractivity contribution in [3.8, 4) is 6.07 Å². The van der Waals surface area contributed by atoms with Gasteiger partial charge in [0.15, 0.2) is 0 Å². The number of fused-ring (bicyclic) bond motifs is 1. The summed E-state index contributed by atoms with van der Waals surface area (Å²) in [5, 5.41) is 17.9. The zero-order valence-corrected chi connectivity index (χ0v) is 9.40. The van der Waals surface area contributed by atoms with Crippen LogP contribution in [0.5, 0.6) is 0 Å². The molecule has 0 saturated heterocycles. The second kappa shape index (κ2) is 4.51. The van der Waals surface area contributed by atoms with Crippen molar-refractivity contribution in [3.63, 3.8) is 0 Å². The Morgan fingerprint density at radius 2 is 2.25 bits per heavy atom. The Labute approximate surface area is 95.8 Å². The van der Waals surface area contributed by atoms with Crippen LogP contribution in [0, 0.1) is 18.3 Å². The van der Waals surface area contributed by atoms with Crippen LogP contribution < -0.4 is 0 Å². The first-order valence-corrected chi connectivity index (χ1v) is 5.55. The van der Waals surface area contributed by atoms with Gasteiger partial charge in [0.1, 0.15) is 6.10 Å². The maximum Gasteiger partial charge on any atom is 0.144 e. The second-order valence-electron chi connectivity index (χ2n) is 4.35. The summed E-state index contributed by atoms with van der Waals surface area (Å²) < 4.78 is 0. The molecule has 0 heterocycles. The lowest BCUT2D eigenvalue weighted by molar-refractivity contribution is 0.229. The highest BCUT2D eigenvalue weighted by atomic mass is 16.3. The van der Waals surface area contributed by atoms with Crippen LogP contribution in [0.3, 0.4) is 0 Å². The minimum atomic E-state index is -0.863. The molecule has 0 spiro atoms. The van der Waals surface area contributed by atoms with Crippen molar-refractivity contribution >= 4 is 6.08 Å². The number of aryl methyl sites for hydroxylation is 2. The van der Waals surface area contributed by atoms with E-state index in [1.54, 1.807) is 0 Å². The third-order valence-corrected chi connectivity index (χ3v) is 2.98. The van der Waals surface area contributed by atoms with Crippen molar-refractivity contribution in [2.45, 2.75) is 32.3 Å². The van der Waals surface area contributed by atoms with Crippen LogP contribution in [-0.2, 0) is 6.42 Å². The van der Waals surface area contributed by atoms with E-state index >= 15 is 0 Å². The van der Waals surface area contributed by atoms with Gasteiger partial charge in [-0.3, -0.25) is 0 Å². The number of rotatable bonds is 2. The topological polar surface area (TPSA) is 44.0 Å². The summed E-state index contributed by atoms with van der Waals surface area (Å²) >= 11 is 0. The van der Waals surface area contributed by atoms with Crippen LogP contribution >= 0.6 is 0 Å². The Morgan fingerprint density at radius 3 is 3.00 bits per heavy atom. The Hall–Kier alpha value is -1.59. The smallest absolute Gasteiger partial charge is 0.144 e. The van der Waals surface area contributed by atoms with Crippen LogP contribution in [0.1, 0.15) is 29.5 Å². The summed E-state index contributed by atoms with van der Waals surface area (Å²) in [6.07, 6.45) is 3.69. The highest BCUT2D eigenvalue weighted by Gasteiger charge is 2.13. The Morgan fingerprint density at radius 1 is 1.44 bits per heavy atom. The number of aliphatic hydroxyl groups is 1. The lowest BCUT2D eigenvalue weighted by Gasteiger charge is -2.17. The maximum atomic E-state index is 9.30. The summed E-state index contributed by atoms with van der Waals surface area (Å²) in [5.41, 5.74) is 5.06. The predicted octanol–water partition coefficient (Wildman–Crippen LogP) is 2.60. The minimum Gasteiger partial charge on any atom is -0.378 e. The van der Waals surface area contributed by atoms with Gasteiger partial charge in [0, 0.05) is 6.42 Å². The molecule has 1 atom stereocenters. The first kappa shape index (κ1) is 10.9. The molecule has 0 radical (unpaired) electrons. The molecule has 2 rings (SSSR count). The van der Waals surface area contributed by atoms with E-state index in [-0.39, 0.29) is 0 Å². The molecule has 0 amide bonds. The predicted molar refractivity (Wildman–Crippen MR) is 63.7 cm³/mol. The molecule has 0 aromatic heterocycles. The third-order valence-electron chi connectivity index (χ3n) is 2.98. The highest BCUT2D eigenvalue weighted by molar-refractivity contribution is 5.60. The van der Waals surface area contributed by atoms with Crippen molar-refractivity contribution in [2.75, 3.05) is 0 Å². The molecule has 82 valence electrons. The largest absolute Gasteiger partial charge is 0.378 e. The number of aliphatic hydroxyl groups excluding tert-OH is 1. The quantitative estimate of drug-likeness (QED) is 0.767. The highest BCUT2D eigenvalue weighted by Crippen LogP contribution is 2.27. The second-order valence-corrected chi connectivity index (χ2v) is 4.35. The molecule has 0 bridgehead atoms. The Kier molecular flexibility index (Phi) is 3.07. The van der Waals surface area contributed by atoms with Gasteiger partial charge in [0.05, 0.1) is 6.07 Å². The fourth-order valence-electron chi connectivity index (χ4n) is 2.13. The molecule has 0 saturated carbocycles. The SMILES string of the molecule is Cc1ccc2c(c1)CCC(CC(O)C#N)=C2. The average Bonchev–Trinajstić information content (AvgIpc) is 2.29. The molecule has 2 nitrogen and oxygen atoms in total. The molecule has 1 aromatic rings. The molecule has 1 aliphatic rings. The van der Waals surface area contributed by atoms with E-state index in [1.165, 1.54) is 22.3 Å². The summed E-state index contributed by atoms with van der Waals surface area (Å²) in [4.78, 5) is 0. The van der Waals surface area contributed by atoms with Gasteiger partial charge in [-0.1, -0.05) is 35.4 Å². The van der Waals surface area contributed by atoms with E-state index in [0.717, 1.165) is 12.8 Å². The maximum absolute atomic E-state index is 9.30. The number of hydrogen-bond acceptors (Lipinski definition) is 2. The molecule has 0 fully saturated rings. The van der Waals surface area contributed by atoms with E-state index in [9.17, 15) is 5.11 Å². The standard InChI is InChI=1S/C14H15NO/c1-10-2-4-13-7-11(8-14(16)9-15)3-5-12(13)6-10/h2,4,6-7,14,16H,3,5,8H2,1H3. The molecular formula is C14H15NO. The molecule has 1 aromatic carbocycles. The first-order valence-electron chi connectivity index (χ1n) is 5.55. The van der Waals surface area contributed by atoms with Gasteiger partial charge in [0.2, 0.25) is 0 Å². The van der Waals surface area contributed by atoms with E-state index in [1.807, 2.05) is 6.07 Å². The van der Waals surface area contributed by atoms with Crippen LogP contribution in [0.4, 0.5) is 0 Å². The monoisotopic (exact) mass is 213 g/mol. The number of nitriles is 1. The molecule has 2 heteroatoms. The molecule has 1 aliphatic carbocycles. The van der Waals surface area contributed by atoms with Gasteiger partial charge >= 0.3 is 0 Å². The van der Waals surface area contributed by atoms with E-state index < -0.39 is 6.10 Å². The van der Waals surface area contributed by atoms with Gasteiger partial charge in [0.25, 0.3) is 0 Å². The van der Waals surface area contributed by atoms with Crippen LogP contribution in [-0.4, -0.2) is 11.2 Å². The fraction of sp³-hybridized carbons (Fsp3) is 0.357. The number of nitrogens with zero attached hydrogens (tertiary/aromatic N) is 1. The van der Waals surface area contributed by atoms with Crippen molar-refractivity contribution in [1.29, 1.82) is 5.26 Å². The van der Waals surface area contributed by atoms with Crippen molar-refractivity contribution < 1.29 is 5.11 Å². The Balaban J connectivity index is 2.22. The summed E-state index contributed by atoms with van der Waals surface area (Å²) in [6.45, 7) is 2.10. The summed E-state index contributed by atoms with van der Waals surface area (Å²) in [5.74, 6) is 0. The normalized spacial score (nSPS) is 15.9. The van der Waals surface area contributed by atoms with E-state index in [4.69, 9.17) is 5.26 Å². The van der Waals surface area contributed by atoms with Crippen LogP contribution in [0.15, 0.2) is 23.8 Å². The fourth-order valence-corrected chi connectivity index (χ4v) is 2.13. The van der Waals surface area contributed by atoms with Crippen molar-refractivity contribution in [1.82, 2.24) is 0 Å². The zero-order chi connectivity index (χ0) is 11.5. The van der Waals surface area contributed by atoms with Gasteiger partial charge in [-0.25, -0.2) is 0 Å². The Bertz CT molecular complexity index is 468. The molecule has 0 aliphatic heterocycles. The lowest BCUT2D eigenvalue weighted by Crippen LogP contribution is -2.07. The lowest BCUT2D eigenvalue weighted by atomic mass is 9.89. The average molecular weight is 213 g/mol. The van der Waals surface area contributed by atoms with Crippen molar-refractivity contribution in [2.24, 2.45) is 0 Å². The third kappa shape index (κ3) is 2.32. The van der Waals surface area contributed by atoms with Gasteiger partial charge in [-0.2, -0.15) is 5.26 Å². The molecule has 1 unspecified atom stereocenters. The summed E-state index contributed by atoms with van der Waals surface area (Å²) in [6, 6.07) is 8.28. The van der Waals surface area contributed by atoms with E-state index in [0.29, 0.717) is 6.42 Å². The van der Waals surface area contributed by atoms with Gasteiger partial charge < -0.3 is 5.11 Å². The molecule has 16 heavy (non-hydrogen) atoms. The van der Waals surface area contributed by atoms with Crippen LogP contribution in [0.25, 0.3) is 6.08 Å². The van der Waals surface area contributed by atoms with Crippen molar-refractivity contribution in [3.05, 3.63) is 40.5 Å². The zero-order valence-electron chi connectivity index (χ0n) is 9.40. The summed E-state index contributed by atoms with van der Waals surface area (Å²) in [7, 11) is 0. The van der Waals surface area contributed by atoms with Crippen LogP contribution in [0.2, 0.25) is 0 Å². The molecule has 1 N–H and O–H groups in total. The van der Waals surface area contributed by atoms with Gasteiger partial charge in [-0.15, -0.1) is 0 Å². The number of benzene rings is 1.